The highest BCUT2D eigenvalue weighted by Crippen LogP contribution is 2.10. The maximum Gasteiger partial charge on any atom is 0.0568 e. The zero-order valence-electron chi connectivity index (χ0n) is 18.0. The molecule has 0 bridgehead atoms. The Labute approximate surface area is 177 Å². The predicted octanol–water partition coefficient (Wildman–Crippen LogP) is 7.55. The summed E-state index contributed by atoms with van der Waals surface area (Å²) in [7, 11) is 0. The minimum atomic E-state index is 1.08. The number of benzene rings is 2. The van der Waals surface area contributed by atoms with E-state index < -0.39 is 0 Å². The minimum absolute atomic E-state index is 1.08. The van der Waals surface area contributed by atoms with E-state index in [0.717, 1.165) is 24.0 Å². The molecular formula is C27H36N2. The third-order valence-electron chi connectivity index (χ3n) is 5.13. The van der Waals surface area contributed by atoms with Gasteiger partial charge in [-0.15, -0.1) is 6.58 Å². The van der Waals surface area contributed by atoms with Gasteiger partial charge in [-0.05, 0) is 60.8 Å². The minimum Gasteiger partial charge on any atom is -0.159 e. The summed E-state index contributed by atoms with van der Waals surface area (Å²) < 4.78 is 0. The highest BCUT2D eigenvalue weighted by Gasteiger charge is 1.95. The van der Waals surface area contributed by atoms with Crippen molar-refractivity contribution in [1.29, 1.82) is 0 Å². The van der Waals surface area contributed by atoms with E-state index >= 15 is 0 Å². The molecule has 2 rings (SSSR count). The molecule has 0 atom stereocenters. The molecule has 2 aromatic carbocycles. The van der Waals surface area contributed by atoms with Crippen LogP contribution in [0.3, 0.4) is 0 Å². The Kier molecular flexibility index (Phi) is 11.4. The first kappa shape index (κ1) is 22.8. The van der Waals surface area contributed by atoms with E-state index in [4.69, 9.17) is 0 Å². The molecule has 0 saturated heterocycles. The number of unbranched alkanes of at least 4 members (excludes halogenated alkanes) is 6. The molecule has 29 heavy (non-hydrogen) atoms. The summed E-state index contributed by atoms with van der Waals surface area (Å²) in [5.74, 6) is 0. The number of allylic oxidation sites excluding steroid dienone is 1. The van der Waals surface area contributed by atoms with Crippen LogP contribution in [0.4, 0.5) is 0 Å². The van der Waals surface area contributed by atoms with Gasteiger partial charge >= 0.3 is 0 Å². The van der Waals surface area contributed by atoms with Crippen LogP contribution in [0.2, 0.25) is 0 Å². The average molecular weight is 389 g/mol. The lowest BCUT2D eigenvalue weighted by atomic mass is 10.0. The van der Waals surface area contributed by atoms with Crippen molar-refractivity contribution < 1.29 is 0 Å². The maximum absolute atomic E-state index is 4.19. The third-order valence-corrected chi connectivity index (χ3v) is 5.13. The smallest absolute Gasteiger partial charge is 0.0568 e. The molecule has 2 heteroatoms. The second kappa shape index (κ2) is 14.5. The van der Waals surface area contributed by atoms with Gasteiger partial charge in [-0.2, -0.15) is 10.2 Å². The second-order valence-corrected chi connectivity index (χ2v) is 7.67. The highest BCUT2D eigenvalue weighted by molar-refractivity contribution is 5.82. The van der Waals surface area contributed by atoms with Gasteiger partial charge in [0.25, 0.3) is 0 Å². The molecule has 0 aliphatic carbocycles. The summed E-state index contributed by atoms with van der Waals surface area (Å²) >= 11 is 0. The van der Waals surface area contributed by atoms with Gasteiger partial charge in [0, 0.05) is 0 Å². The SMILES string of the molecule is C=CCCCCc1ccc(/C=N/N=C/c2ccc(CCCCCCC)cc2)cc1. The van der Waals surface area contributed by atoms with Gasteiger partial charge in [0.2, 0.25) is 0 Å². The Balaban J connectivity index is 1.72. The molecule has 0 aliphatic heterocycles. The number of aryl methyl sites for hydroxylation is 2. The molecule has 0 unspecified atom stereocenters. The molecule has 0 N–H and O–H groups in total. The van der Waals surface area contributed by atoms with Crippen molar-refractivity contribution in [2.45, 2.75) is 71.1 Å². The van der Waals surface area contributed by atoms with E-state index in [1.807, 2.05) is 18.5 Å². The van der Waals surface area contributed by atoms with Gasteiger partial charge in [-0.3, -0.25) is 0 Å². The van der Waals surface area contributed by atoms with Crippen molar-refractivity contribution >= 4 is 12.4 Å². The normalized spacial score (nSPS) is 11.5. The molecule has 0 spiro atoms. The predicted molar refractivity (Wildman–Crippen MR) is 128 cm³/mol. The van der Waals surface area contributed by atoms with E-state index in [-0.39, 0.29) is 0 Å². The zero-order valence-corrected chi connectivity index (χ0v) is 18.0. The standard InChI is InChI=1S/C27H36N2/c1-3-5-7-9-11-13-25-16-20-27(21-17-25)23-29-28-22-26-18-14-24(15-19-26)12-10-8-6-4-2/h4,14-23H,2-3,5-13H2,1H3/b28-22+,29-23+. The molecule has 0 aliphatic rings. The monoisotopic (exact) mass is 388 g/mol. The first-order chi connectivity index (χ1) is 14.3. The Morgan fingerprint density at radius 2 is 1.14 bits per heavy atom. The van der Waals surface area contributed by atoms with Gasteiger partial charge in [0.1, 0.15) is 0 Å². The molecule has 0 saturated carbocycles. The summed E-state index contributed by atoms with van der Waals surface area (Å²) in [6, 6.07) is 17.2. The Bertz CT molecular complexity index is 739. The van der Waals surface area contributed by atoms with E-state index in [1.165, 1.54) is 62.5 Å². The van der Waals surface area contributed by atoms with Crippen molar-refractivity contribution in [3.63, 3.8) is 0 Å². The summed E-state index contributed by atoms with van der Waals surface area (Å²) in [4.78, 5) is 0. The van der Waals surface area contributed by atoms with Crippen LogP contribution in [0.25, 0.3) is 0 Å². The van der Waals surface area contributed by atoms with Gasteiger partial charge < -0.3 is 0 Å². The fourth-order valence-electron chi connectivity index (χ4n) is 3.29. The van der Waals surface area contributed by atoms with Crippen LogP contribution in [-0.4, -0.2) is 12.4 Å². The summed E-state index contributed by atoms with van der Waals surface area (Å²) in [6.07, 6.45) is 18.1. The van der Waals surface area contributed by atoms with Crippen molar-refractivity contribution in [1.82, 2.24) is 0 Å². The van der Waals surface area contributed by atoms with Crippen LogP contribution in [0, 0.1) is 0 Å². The topological polar surface area (TPSA) is 24.7 Å². The molecule has 0 radical (unpaired) electrons. The van der Waals surface area contributed by atoms with Crippen LogP contribution in [-0.2, 0) is 12.8 Å². The number of hydrogen-bond donors (Lipinski definition) is 0. The van der Waals surface area contributed by atoms with Crippen LogP contribution in [0.5, 0.6) is 0 Å². The molecule has 0 heterocycles. The molecular weight excluding hydrogens is 352 g/mol. The lowest BCUT2D eigenvalue weighted by Crippen LogP contribution is -1.88. The molecule has 154 valence electrons. The van der Waals surface area contributed by atoms with E-state index in [1.54, 1.807) is 0 Å². The first-order valence-electron chi connectivity index (χ1n) is 11.2. The summed E-state index contributed by atoms with van der Waals surface area (Å²) in [5, 5.41) is 8.38. The lowest BCUT2D eigenvalue weighted by molar-refractivity contribution is 0.632. The molecule has 2 aromatic rings. The summed E-state index contributed by atoms with van der Waals surface area (Å²) in [5.41, 5.74) is 4.95. The van der Waals surface area contributed by atoms with Crippen molar-refractivity contribution in [3.8, 4) is 0 Å². The number of rotatable bonds is 14. The van der Waals surface area contributed by atoms with Crippen LogP contribution in [0.15, 0.2) is 71.4 Å². The Hall–Kier alpha value is -2.48. The first-order valence-corrected chi connectivity index (χ1v) is 11.2. The Morgan fingerprint density at radius 1 is 0.655 bits per heavy atom. The van der Waals surface area contributed by atoms with Gasteiger partial charge in [0.05, 0.1) is 12.4 Å². The maximum atomic E-state index is 4.19. The largest absolute Gasteiger partial charge is 0.159 e. The van der Waals surface area contributed by atoms with Crippen LogP contribution >= 0.6 is 0 Å². The summed E-state index contributed by atoms with van der Waals surface area (Å²) in [6.45, 7) is 6.03. The van der Waals surface area contributed by atoms with Crippen LogP contribution < -0.4 is 0 Å². The molecule has 0 fully saturated rings. The van der Waals surface area contributed by atoms with Crippen LogP contribution in [0.1, 0.15) is 80.5 Å². The van der Waals surface area contributed by atoms with Gasteiger partial charge in [-0.25, -0.2) is 0 Å². The Morgan fingerprint density at radius 3 is 1.62 bits per heavy atom. The molecule has 0 amide bonds. The van der Waals surface area contributed by atoms with Gasteiger partial charge in [-0.1, -0.05) is 87.2 Å². The zero-order chi connectivity index (χ0) is 20.6. The fraction of sp³-hybridized carbons (Fsp3) is 0.407. The molecule has 2 nitrogen and oxygen atoms in total. The molecule has 0 aromatic heterocycles. The second-order valence-electron chi connectivity index (χ2n) is 7.67. The van der Waals surface area contributed by atoms with E-state index in [9.17, 15) is 0 Å². The number of nitrogens with zero attached hydrogens (tertiary/aromatic N) is 2. The quantitative estimate of drug-likeness (QED) is 0.138. The third kappa shape index (κ3) is 10.0. The van der Waals surface area contributed by atoms with E-state index in [2.05, 4.69) is 72.2 Å². The van der Waals surface area contributed by atoms with Crippen molar-refractivity contribution in [2.24, 2.45) is 10.2 Å². The average Bonchev–Trinajstić information content (AvgIpc) is 2.76. The van der Waals surface area contributed by atoms with E-state index in [0.29, 0.717) is 0 Å². The number of hydrogen-bond acceptors (Lipinski definition) is 2. The van der Waals surface area contributed by atoms with Crippen molar-refractivity contribution in [2.75, 3.05) is 0 Å². The van der Waals surface area contributed by atoms with Crippen molar-refractivity contribution in [3.05, 3.63) is 83.4 Å². The lowest BCUT2D eigenvalue weighted by Gasteiger charge is -2.02. The fourth-order valence-corrected chi connectivity index (χ4v) is 3.29. The van der Waals surface area contributed by atoms with Gasteiger partial charge in [0.15, 0.2) is 0 Å². The highest BCUT2D eigenvalue weighted by atomic mass is 15.2.